The van der Waals surface area contributed by atoms with E-state index in [4.69, 9.17) is 4.74 Å². The summed E-state index contributed by atoms with van der Waals surface area (Å²) in [5, 5.41) is 9.27. The normalized spacial score (nSPS) is 43.0. The van der Waals surface area contributed by atoms with Gasteiger partial charge >= 0.3 is 5.97 Å². The monoisotopic (exact) mass is 268 g/mol. The highest BCUT2D eigenvalue weighted by Crippen LogP contribution is 2.37. The predicted octanol–water partition coefficient (Wildman–Crippen LogP) is 0.643. The minimum absolute atomic E-state index is 0.0466. The van der Waals surface area contributed by atoms with Crippen LogP contribution >= 0.6 is 0 Å². The minimum Gasteiger partial charge on any atom is -0.481 e. The summed E-state index contributed by atoms with van der Waals surface area (Å²) in [7, 11) is 4.32. The Hall–Kier alpha value is -0.650. The van der Waals surface area contributed by atoms with E-state index in [1.807, 2.05) is 0 Å². The highest BCUT2D eigenvalue weighted by molar-refractivity contribution is 5.71. The van der Waals surface area contributed by atoms with Gasteiger partial charge in [0.2, 0.25) is 0 Å². The molecular formula is C14H24N2O3. The molecule has 0 aromatic heterocycles. The Kier molecular flexibility index (Phi) is 3.53. The fourth-order valence-electron chi connectivity index (χ4n) is 4.17. The van der Waals surface area contributed by atoms with Gasteiger partial charge in [0, 0.05) is 24.2 Å². The van der Waals surface area contributed by atoms with E-state index < -0.39 is 5.97 Å². The molecule has 108 valence electrons. The molecule has 3 saturated heterocycles. The number of ether oxygens (including phenoxy) is 1. The van der Waals surface area contributed by atoms with Crippen LogP contribution in [0.3, 0.4) is 0 Å². The lowest BCUT2D eigenvalue weighted by molar-refractivity contribution is -0.143. The summed E-state index contributed by atoms with van der Waals surface area (Å²) in [5.74, 6) is -1.08. The maximum Gasteiger partial charge on any atom is 0.310 e. The van der Waals surface area contributed by atoms with Gasteiger partial charge in [0.1, 0.15) is 0 Å². The average Bonchev–Trinajstić information content (AvgIpc) is 2.91. The second-order valence-electron chi connectivity index (χ2n) is 6.39. The Morgan fingerprint density at radius 1 is 1.26 bits per heavy atom. The van der Waals surface area contributed by atoms with E-state index in [1.54, 1.807) is 0 Å². The van der Waals surface area contributed by atoms with Crippen molar-refractivity contribution >= 4 is 5.97 Å². The van der Waals surface area contributed by atoms with Gasteiger partial charge in [-0.1, -0.05) is 0 Å². The Morgan fingerprint density at radius 3 is 2.47 bits per heavy atom. The van der Waals surface area contributed by atoms with Crippen molar-refractivity contribution in [3.05, 3.63) is 0 Å². The second kappa shape index (κ2) is 5.04. The van der Waals surface area contributed by atoms with Crippen molar-refractivity contribution in [3.63, 3.8) is 0 Å². The molecule has 3 fully saturated rings. The first-order valence-corrected chi connectivity index (χ1v) is 7.32. The number of hydrogen-bond donors (Lipinski definition) is 1. The van der Waals surface area contributed by atoms with E-state index in [-0.39, 0.29) is 12.0 Å². The molecule has 1 N–H and O–H groups in total. The van der Waals surface area contributed by atoms with Crippen LogP contribution in [0.5, 0.6) is 0 Å². The molecule has 5 heteroatoms. The van der Waals surface area contributed by atoms with Gasteiger partial charge in [-0.05, 0) is 39.8 Å². The molecule has 0 spiro atoms. The number of carbonyl (C=O) groups is 1. The van der Waals surface area contributed by atoms with E-state index in [2.05, 4.69) is 23.9 Å². The summed E-state index contributed by atoms with van der Waals surface area (Å²) < 4.78 is 5.40. The third-order valence-electron chi connectivity index (χ3n) is 5.54. The Bertz CT molecular complexity index is 349. The number of hydrogen-bond acceptors (Lipinski definition) is 4. The van der Waals surface area contributed by atoms with Crippen LogP contribution in [-0.4, -0.2) is 72.4 Å². The highest BCUT2D eigenvalue weighted by Gasteiger charge is 2.44. The molecule has 0 amide bonds. The first kappa shape index (κ1) is 13.3. The fraction of sp³-hybridized carbons (Fsp3) is 0.929. The van der Waals surface area contributed by atoms with Crippen LogP contribution in [0.4, 0.5) is 0 Å². The topological polar surface area (TPSA) is 53.0 Å². The van der Waals surface area contributed by atoms with Gasteiger partial charge in [-0.2, -0.15) is 0 Å². The number of fused-ring (bicyclic) bond motifs is 2. The average molecular weight is 268 g/mol. The molecule has 0 radical (unpaired) electrons. The summed E-state index contributed by atoms with van der Waals surface area (Å²) in [6.07, 6.45) is 4.95. The van der Waals surface area contributed by atoms with Gasteiger partial charge in [-0.25, -0.2) is 0 Å². The van der Waals surface area contributed by atoms with Gasteiger partial charge in [0.15, 0.2) is 0 Å². The van der Waals surface area contributed by atoms with Gasteiger partial charge in [-0.15, -0.1) is 0 Å². The van der Waals surface area contributed by atoms with Crippen molar-refractivity contribution in [2.45, 2.75) is 49.9 Å². The molecule has 0 aromatic carbocycles. The van der Waals surface area contributed by atoms with E-state index in [9.17, 15) is 9.90 Å². The standard InChI is InChI=1S/C14H24N2O3/c1-15-9-3-4-10(15)6-11(5-9)16(2)13-8-19-7-12(13)14(17)18/h9-13H,3-8H2,1-2H3,(H,17,18). The van der Waals surface area contributed by atoms with Crippen LogP contribution in [0.25, 0.3) is 0 Å². The number of carboxylic acid groups (broad SMARTS) is 1. The maximum atomic E-state index is 11.3. The third-order valence-corrected chi connectivity index (χ3v) is 5.54. The van der Waals surface area contributed by atoms with Crippen molar-refractivity contribution in [1.29, 1.82) is 0 Å². The molecule has 0 aliphatic carbocycles. The van der Waals surface area contributed by atoms with Crippen molar-refractivity contribution in [2.75, 3.05) is 27.3 Å². The molecule has 4 unspecified atom stereocenters. The number of aliphatic carboxylic acids is 1. The van der Waals surface area contributed by atoms with Crippen LogP contribution in [0, 0.1) is 5.92 Å². The summed E-state index contributed by atoms with van der Waals surface area (Å²) in [4.78, 5) is 16.1. The van der Waals surface area contributed by atoms with Crippen LogP contribution in [0.15, 0.2) is 0 Å². The molecule has 3 rings (SSSR count). The zero-order chi connectivity index (χ0) is 13.6. The number of rotatable bonds is 3. The zero-order valence-electron chi connectivity index (χ0n) is 11.8. The van der Waals surface area contributed by atoms with Crippen LogP contribution < -0.4 is 0 Å². The Morgan fingerprint density at radius 2 is 1.89 bits per heavy atom. The Balaban J connectivity index is 1.67. The predicted molar refractivity (Wildman–Crippen MR) is 71.1 cm³/mol. The third kappa shape index (κ3) is 2.28. The molecular weight excluding hydrogens is 244 g/mol. The summed E-state index contributed by atoms with van der Waals surface area (Å²) in [5.41, 5.74) is 0. The molecule has 3 aliphatic rings. The van der Waals surface area contributed by atoms with Crippen molar-refractivity contribution < 1.29 is 14.6 Å². The molecule has 5 nitrogen and oxygen atoms in total. The molecule has 0 aromatic rings. The van der Waals surface area contributed by atoms with E-state index in [1.165, 1.54) is 25.7 Å². The lowest BCUT2D eigenvalue weighted by atomic mass is 9.93. The van der Waals surface area contributed by atoms with Crippen molar-refractivity contribution in [1.82, 2.24) is 9.80 Å². The molecule has 3 heterocycles. The van der Waals surface area contributed by atoms with Crippen LogP contribution in [-0.2, 0) is 9.53 Å². The first-order valence-electron chi connectivity index (χ1n) is 7.32. The maximum absolute atomic E-state index is 11.3. The van der Waals surface area contributed by atoms with E-state index >= 15 is 0 Å². The fourth-order valence-corrected chi connectivity index (χ4v) is 4.17. The van der Waals surface area contributed by atoms with Gasteiger partial charge in [-0.3, -0.25) is 9.69 Å². The SMILES string of the molecule is CN1C2CCC1CC(N(C)C1COCC1C(=O)O)C2. The highest BCUT2D eigenvalue weighted by atomic mass is 16.5. The lowest BCUT2D eigenvalue weighted by Gasteiger charge is -2.42. The van der Waals surface area contributed by atoms with Gasteiger partial charge in [0.25, 0.3) is 0 Å². The number of piperidine rings is 1. The van der Waals surface area contributed by atoms with E-state index in [0.29, 0.717) is 31.3 Å². The summed E-state index contributed by atoms with van der Waals surface area (Å²) in [6.45, 7) is 0.930. The quantitative estimate of drug-likeness (QED) is 0.814. The zero-order valence-corrected chi connectivity index (χ0v) is 11.8. The molecule has 4 atom stereocenters. The molecule has 2 bridgehead atoms. The Labute approximate surface area is 114 Å². The minimum atomic E-state index is -0.717. The van der Waals surface area contributed by atoms with E-state index in [0.717, 1.165) is 0 Å². The van der Waals surface area contributed by atoms with Crippen molar-refractivity contribution in [2.24, 2.45) is 5.92 Å². The van der Waals surface area contributed by atoms with Crippen LogP contribution in [0.1, 0.15) is 25.7 Å². The van der Waals surface area contributed by atoms with Crippen molar-refractivity contribution in [3.8, 4) is 0 Å². The van der Waals surface area contributed by atoms with Gasteiger partial charge < -0.3 is 14.7 Å². The molecule has 3 aliphatic heterocycles. The second-order valence-corrected chi connectivity index (χ2v) is 6.39. The van der Waals surface area contributed by atoms with Crippen LogP contribution in [0.2, 0.25) is 0 Å². The lowest BCUT2D eigenvalue weighted by Crippen LogP contribution is -2.53. The number of nitrogens with zero attached hydrogens (tertiary/aromatic N) is 2. The number of likely N-dealkylation sites (N-methyl/N-ethyl adjacent to an activating group) is 1. The molecule has 19 heavy (non-hydrogen) atoms. The van der Waals surface area contributed by atoms with Gasteiger partial charge in [0.05, 0.1) is 19.1 Å². The smallest absolute Gasteiger partial charge is 0.310 e. The summed E-state index contributed by atoms with van der Waals surface area (Å²) in [6, 6.07) is 1.95. The number of carboxylic acids is 1. The first-order chi connectivity index (χ1) is 9.08. The summed E-state index contributed by atoms with van der Waals surface area (Å²) >= 11 is 0. The largest absolute Gasteiger partial charge is 0.481 e. The molecule has 0 saturated carbocycles.